The van der Waals surface area contributed by atoms with E-state index in [0.29, 0.717) is 0 Å². The van der Waals surface area contributed by atoms with E-state index < -0.39 is 10.0 Å². The van der Waals surface area contributed by atoms with Crippen LogP contribution >= 0.6 is 0 Å². The molecule has 0 amide bonds. The van der Waals surface area contributed by atoms with E-state index in [9.17, 15) is 8.42 Å². The van der Waals surface area contributed by atoms with Crippen LogP contribution in [0.5, 0.6) is 0 Å². The zero-order chi connectivity index (χ0) is 18.1. The van der Waals surface area contributed by atoms with Crippen molar-refractivity contribution in [3.8, 4) is 5.69 Å². The van der Waals surface area contributed by atoms with Crippen molar-refractivity contribution in [2.24, 2.45) is 5.14 Å². The Morgan fingerprint density at radius 3 is 2.46 bits per heavy atom. The molecular formula is C18H24N4O3S. The predicted octanol–water partition coefficient (Wildman–Crippen LogP) is 1.23. The Labute approximate surface area is 153 Å². The number of morpholine rings is 1. The van der Waals surface area contributed by atoms with Gasteiger partial charge in [-0.25, -0.2) is 18.2 Å². The number of nitrogens with zero attached hydrogens (tertiary/aromatic N) is 3. The lowest BCUT2D eigenvalue weighted by Crippen LogP contribution is -2.36. The van der Waals surface area contributed by atoms with Gasteiger partial charge in [0, 0.05) is 19.6 Å². The smallest absolute Gasteiger partial charge is 0.238 e. The fourth-order valence-corrected chi connectivity index (χ4v) is 4.26. The molecule has 140 valence electrons. The van der Waals surface area contributed by atoms with Crippen LogP contribution in [0, 0.1) is 0 Å². The third-order valence-corrected chi connectivity index (χ3v) is 6.08. The minimum Gasteiger partial charge on any atom is -0.379 e. The van der Waals surface area contributed by atoms with Crippen LogP contribution < -0.4 is 5.14 Å². The summed E-state index contributed by atoms with van der Waals surface area (Å²) in [5.74, 6) is 0. The number of aromatic nitrogens is 2. The van der Waals surface area contributed by atoms with E-state index in [0.717, 1.165) is 51.4 Å². The standard InChI is InChI=1S/C18H24N4O3S/c19-26(23,24)15-7-5-14(6-8-15)22-18(13-21-9-11-25-12-10-21)16-3-1-2-4-17(16)20-22/h5-8H,1-4,9-13H2,(H2,19,23,24). The fraction of sp³-hybridized carbons (Fsp3) is 0.500. The molecule has 2 heterocycles. The van der Waals surface area contributed by atoms with E-state index in [4.69, 9.17) is 15.0 Å². The molecule has 4 rings (SSSR count). The lowest BCUT2D eigenvalue weighted by molar-refractivity contribution is 0.0332. The van der Waals surface area contributed by atoms with Crippen LogP contribution in [0.4, 0.5) is 0 Å². The number of hydrogen-bond donors (Lipinski definition) is 1. The highest BCUT2D eigenvalue weighted by Gasteiger charge is 2.24. The first-order valence-electron chi connectivity index (χ1n) is 9.05. The molecule has 26 heavy (non-hydrogen) atoms. The summed E-state index contributed by atoms with van der Waals surface area (Å²) in [6.45, 7) is 4.20. The number of fused-ring (bicyclic) bond motifs is 1. The second kappa shape index (κ2) is 7.11. The molecule has 8 heteroatoms. The molecule has 1 aromatic heterocycles. The topological polar surface area (TPSA) is 90.5 Å². The van der Waals surface area contributed by atoms with Crippen molar-refractivity contribution in [2.75, 3.05) is 26.3 Å². The van der Waals surface area contributed by atoms with Gasteiger partial charge in [-0.3, -0.25) is 4.90 Å². The fourth-order valence-electron chi connectivity index (χ4n) is 3.74. The average Bonchev–Trinajstić information content (AvgIpc) is 3.01. The Morgan fingerprint density at radius 1 is 1.08 bits per heavy atom. The first kappa shape index (κ1) is 17.7. The summed E-state index contributed by atoms with van der Waals surface area (Å²) in [5, 5.41) is 10.1. The van der Waals surface area contributed by atoms with Gasteiger partial charge in [0.2, 0.25) is 10.0 Å². The molecule has 2 aliphatic rings. The molecule has 0 atom stereocenters. The van der Waals surface area contributed by atoms with Crippen molar-refractivity contribution in [1.82, 2.24) is 14.7 Å². The molecule has 0 unspecified atom stereocenters. The van der Waals surface area contributed by atoms with Crippen molar-refractivity contribution in [3.63, 3.8) is 0 Å². The Hall–Kier alpha value is -1.74. The van der Waals surface area contributed by atoms with Gasteiger partial charge in [0.05, 0.1) is 35.2 Å². The maximum Gasteiger partial charge on any atom is 0.238 e. The zero-order valence-electron chi connectivity index (χ0n) is 14.7. The molecule has 1 saturated heterocycles. The maximum absolute atomic E-state index is 11.5. The van der Waals surface area contributed by atoms with Crippen LogP contribution in [0.1, 0.15) is 29.8 Å². The van der Waals surface area contributed by atoms with Crippen molar-refractivity contribution in [2.45, 2.75) is 37.1 Å². The van der Waals surface area contributed by atoms with E-state index in [1.165, 1.54) is 29.8 Å². The van der Waals surface area contributed by atoms with Gasteiger partial charge in [0.15, 0.2) is 0 Å². The zero-order valence-corrected chi connectivity index (χ0v) is 15.5. The maximum atomic E-state index is 11.5. The first-order valence-corrected chi connectivity index (χ1v) is 10.6. The second-order valence-electron chi connectivity index (χ2n) is 6.92. The molecule has 1 fully saturated rings. The number of primary sulfonamides is 1. The normalized spacial score (nSPS) is 18.7. The van der Waals surface area contributed by atoms with Crippen LogP contribution in [-0.2, 0) is 34.1 Å². The third-order valence-electron chi connectivity index (χ3n) is 5.15. The Morgan fingerprint density at radius 2 is 1.77 bits per heavy atom. The van der Waals surface area contributed by atoms with Crippen molar-refractivity contribution in [1.29, 1.82) is 0 Å². The number of rotatable bonds is 4. The Kier molecular flexibility index (Phi) is 4.83. The molecule has 0 saturated carbocycles. The highest BCUT2D eigenvalue weighted by atomic mass is 32.2. The van der Waals surface area contributed by atoms with Gasteiger partial charge in [-0.15, -0.1) is 0 Å². The molecule has 1 aliphatic heterocycles. The van der Waals surface area contributed by atoms with Gasteiger partial charge in [0.25, 0.3) is 0 Å². The van der Waals surface area contributed by atoms with E-state index >= 15 is 0 Å². The molecule has 0 radical (unpaired) electrons. The number of hydrogen-bond acceptors (Lipinski definition) is 5. The monoisotopic (exact) mass is 376 g/mol. The quantitative estimate of drug-likeness (QED) is 0.867. The van der Waals surface area contributed by atoms with E-state index in [-0.39, 0.29) is 4.90 Å². The van der Waals surface area contributed by atoms with Gasteiger partial charge >= 0.3 is 0 Å². The minimum atomic E-state index is -3.69. The Balaban J connectivity index is 1.71. The molecule has 7 nitrogen and oxygen atoms in total. The van der Waals surface area contributed by atoms with Crippen LogP contribution in [0.25, 0.3) is 5.69 Å². The summed E-state index contributed by atoms with van der Waals surface area (Å²) in [6.07, 6.45) is 4.43. The Bertz CT molecular complexity index is 884. The molecule has 0 spiro atoms. The van der Waals surface area contributed by atoms with Crippen molar-refractivity contribution >= 4 is 10.0 Å². The second-order valence-corrected chi connectivity index (χ2v) is 8.48. The molecule has 1 aliphatic carbocycles. The number of benzene rings is 1. The summed E-state index contributed by atoms with van der Waals surface area (Å²) in [7, 11) is -3.69. The third kappa shape index (κ3) is 3.55. The summed E-state index contributed by atoms with van der Waals surface area (Å²) in [4.78, 5) is 2.51. The minimum absolute atomic E-state index is 0.118. The first-order chi connectivity index (χ1) is 12.5. The van der Waals surface area contributed by atoms with Crippen LogP contribution in [0.15, 0.2) is 29.2 Å². The molecule has 2 N–H and O–H groups in total. The molecule has 2 aromatic rings. The van der Waals surface area contributed by atoms with Crippen LogP contribution in [-0.4, -0.2) is 49.4 Å². The van der Waals surface area contributed by atoms with Crippen LogP contribution in [0.2, 0.25) is 0 Å². The average molecular weight is 376 g/mol. The molecule has 0 bridgehead atoms. The summed E-state index contributed by atoms with van der Waals surface area (Å²) < 4.78 is 30.5. The largest absolute Gasteiger partial charge is 0.379 e. The van der Waals surface area contributed by atoms with Crippen molar-refractivity contribution in [3.05, 3.63) is 41.2 Å². The summed E-state index contributed by atoms with van der Waals surface area (Å²) >= 11 is 0. The lowest BCUT2D eigenvalue weighted by Gasteiger charge is -2.27. The number of sulfonamides is 1. The number of aryl methyl sites for hydroxylation is 1. The summed E-state index contributed by atoms with van der Waals surface area (Å²) in [6, 6.07) is 6.65. The lowest BCUT2D eigenvalue weighted by atomic mass is 9.95. The van der Waals surface area contributed by atoms with Gasteiger partial charge in [-0.2, -0.15) is 5.10 Å². The van der Waals surface area contributed by atoms with E-state index in [1.807, 2.05) is 4.68 Å². The van der Waals surface area contributed by atoms with Gasteiger partial charge in [-0.05, 0) is 55.5 Å². The predicted molar refractivity (Wildman–Crippen MR) is 97.7 cm³/mol. The van der Waals surface area contributed by atoms with Gasteiger partial charge in [-0.1, -0.05) is 0 Å². The van der Waals surface area contributed by atoms with Gasteiger partial charge in [0.1, 0.15) is 0 Å². The molecular weight excluding hydrogens is 352 g/mol. The number of nitrogens with two attached hydrogens (primary N) is 1. The number of ether oxygens (including phenoxy) is 1. The van der Waals surface area contributed by atoms with E-state index in [1.54, 1.807) is 24.3 Å². The molecule has 1 aromatic carbocycles. The van der Waals surface area contributed by atoms with Gasteiger partial charge < -0.3 is 4.74 Å². The van der Waals surface area contributed by atoms with E-state index in [2.05, 4.69) is 4.90 Å². The van der Waals surface area contributed by atoms with Crippen LogP contribution in [0.3, 0.4) is 0 Å². The highest BCUT2D eigenvalue weighted by Crippen LogP contribution is 2.28. The SMILES string of the molecule is NS(=O)(=O)c1ccc(-n2nc3c(c2CN2CCOCC2)CCCC3)cc1. The summed E-state index contributed by atoms with van der Waals surface area (Å²) in [5.41, 5.74) is 4.62. The van der Waals surface area contributed by atoms with Crippen molar-refractivity contribution < 1.29 is 13.2 Å². The highest BCUT2D eigenvalue weighted by molar-refractivity contribution is 7.89.